The van der Waals surface area contributed by atoms with Gasteiger partial charge in [-0.25, -0.2) is 4.98 Å². The number of fused-ring (bicyclic) bond motifs is 1. The van der Waals surface area contributed by atoms with Gasteiger partial charge in [0.1, 0.15) is 21.8 Å². The Morgan fingerprint density at radius 1 is 1.31 bits per heavy atom. The van der Waals surface area contributed by atoms with Gasteiger partial charge in [-0.2, -0.15) is 0 Å². The number of piperazine rings is 1. The maximum Gasteiger partial charge on any atom is 0.308 e. The number of esters is 1. The summed E-state index contributed by atoms with van der Waals surface area (Å²) in [4.78, 5) is 60.0. The molecule has 4 heterocycles. The van der Waals surface area contributed by atoms with E-state index >= 15 is 0 Å². The number of rotatable bonds is 8. The number of hydrogen-bond acceptors (Lipinski definition) is 9. The van der Waals surface area contributed by atoms with E-state index in [-0.39, 0.29) is 36.2 Å². The fourth-order valence-corrected chi connectivity index (χ4v) is 5.42. The van der Waals surface area contributed by atoms with Gasteiger partial charge in [-0.15, -0.1) is 0 Å². The van der Waals surface area contributed by atoms with Crippen molar-refractivity contribution in [2.24, 2.45) is 0 Å². The molecule has 2 amide bonds. The summed E-state index contributed by atoms with van der Waals surface area (Å²) >= 11 is 6.55. The molecule has 0 bridgehead atoms. The first-order valence-corrected chi connectivity index (χ1v) is 13.0. The van der Waals surface area contributed by atoms with Gasteiger partial charge in [0.25, 0.3) is 11.5 Å². The average molecular weight is 530 g/mol. The number of carbonyl (C=O) groups excluding carboxylic acids is 3. The van der Waals surface area contributed by atoms with E-state index in [1.807, 2.05) is 6.92 Å². The number of thioether (sulfide) groups is 1. The van der Waals surface area contributed by atoms with Gasteiger partial charge in [0, 0.05) is 25.8 Å². The quantitative estimate of drug-likeness (QED) is 0.311. The standard InChI is InChI=1S/C24H27N5O5S2/c1-3-5-10-29-23(33)17(36-24(29)35)13-15-20(26-18-8-6-7-11-28(18)22(15)32)27-12-9-25-21(31)16(27)14-19(30)34-4-2/h6-8,11,13,16H,3-5,9-10,12,14H2,1-2H3,(H,25,31)/b17-13-/t16-/m0/s1. The van der Waals surface area contributed by atoms with Crippen LogP contribution < -0.4 is 15.8 Å². The topological polar surface area (TPSA) is 113 Å². The molecule has 0 aliphatic carbocycles. The lowest BCUT2D eigenvalue weighted by atomic mass is 10.1. The number of hydrogen-bond donors (Lipinski definition) is 1. The van der Waals surface area contributed by atoms with Gasteiger partial charge < -0.3 is 15.0 Å². The number of carbonyl (C=O) groups is 3. The molecule has 0 unspecified atom stereocenters. The summed E-state index contributed by atoms with van der Waals surface area (Å²) in [5.74, 6) is -0.919. The zero-order valence-corrected chi connectivity index (χ0v) is 21.7. The van der Waals surface area contributed by atoms with E-state index in [0.29, 0.717) is 34.5 Å². The predicted molar refractivity (Wildman–Crippen MR) is 142 cm³/mol. The van der Waals surface area contributed by atoms with E-state index in [1.54, 1.807) is 41.1 Å². The molecule has 2 saturated heterocycles. The first-order valence-electron chi connectivity index (χ1n) is 11.8. The fraction of sp³-hybridized carbons (Fsp3) is 0.417. The van der Waals surface area contributed by atoms with Crippen molar-refractivity contribution < 1.29 is 19.1 Å². The minimum Gasteiger partial charge on any atom is -0.466 e. The lowest BCUT2D eigenvalue weighted by Gasteiger charge is -2.36. The minimum absolute atomic E-state index is 0.151. The number of anilines is 1. The van der Waals surface area contributed by atoms with Crippen LogP contribution in [0.25, 0.3) is 11.7 Å². The smallest absolute Gasteiger partial charge is 0.308 e. The van der Waals surface area contributed by atoms with Crippen LogP contribution in [-0.4, -0.2) is 68.7 Å². The summed E-state index contributed by atoms with van der Waals surface area (Å²) in [7, 11) is 0. The van der Waals surface area contributed by atoms with Crippen LogP contribution in [0.15, 0.2) is 34.1 Å². The molecule has 2 fully saturated rings. The van der Waals surface area contributed by atoms with Crippen molar-refractivity contribution in [3.05, 3.63) is 45.2 Å². The molecule has 36 heavy (non-hydrogen) atoms. The number of unbranched alkanes of at least 4 members (excludes halogenated alkanes) is 1. The number of pyridine rings is 1. The molecular weight excluding hydrogens is 502 g/mol. The van der Waals surface area contributed by atoms with Crippen molar-refractivity contribution in [2.45, 2.75) is 39.2 Å². The highest BCUT2D eigenvalue weighted by Gasteiger charge is 2.36. The summed E-state index contributed by atoms with van der Waals surface area (Å²) in [6.07, 6.45) is 4.62. The first kappa shape index (κ1) is 25.8. The Morgan fingerprint density at radius 3 is 2.86 bits per heavy atom. The van der Waals surface area contributed by atoms with E-state index in [2.05, 4.69) is 5.32 Å². The Bertz CT molecular complexity index is 1310. The Labute approximate surface area is 217 Å². The zero-order valence-electron chi connectivity index (χ0n) is 20.1. The van der Waals surface area contributed by atoms with Crippen molar-refractivity contribution in [3.8, 4) is 0 Å². The van der Waals surface area contributed by atoms with E-state index < -0.39 is 17.6 Å². The van der Waals surface area contributed by atoms with E-state index in [9.17, 15) is 19.2 Å². The number of nitrogens with zero attached hydrogens (tertiary/aromatic N) is 4. The van der Waals surface area contributed by atoms with E-state index in [1.165, 1.54) is 10.5 Å². The molecule has 2 aromatic rings. The van der Waals surface area contributed by atoms with Crippen molar-refractivity contribution in [1.29, 1.82) is 0 Å². The molecule has 190 valence electrons. The second-order valence-corrected chi connectivity index (χ2v) is 9.96. The summed E-state index contributed by atoms with van der Waals surface area (Å²) in [5.41, 5.74) is 0.138. The Morgan fingerprint density at radius 2 is 2.11 bits per heavy atom. The third kappa shape index (κ3) is 5.14. The Balaban J connectivity index is 1.83. The van der Waals surface area contributed by atoms with Gasteiger partial charge in [0.2, 0.25) is 5.91 Å². The molecule has 0 saturated carbocycles. The fourth-order valence-electron chi connectivity index (χ4n) is 4.13. The summed E-state index contributed by atoms with van der Waals surface area (Å²) in [5, 5.41) is 2.76. The van der Waals surface area contributed by atoms with Crippen LogP contribution >= 0.6 is 24.0 Å². The number of nitrogens with one attached hydrogen (secondary N) is 1. The highest BCUT2D eigenvalue weighted by molar-refractivity contribution is 8.26. The van der Waals surface area contributed by atoms with Gasteiger partial charge in [-0.3, -0.25) is 28.5 Å². The normalized spacial score (nSPS) is 19.3. The van der Waals surface area contributed by atoms with Crippen LogP contribution in [0.2, 0.25) is 0 Å². The van der Waals surface area contributed by atoms with Crippen LogP contribution in [-0.2, 0) is 19.1 Å². The van der Waals surface area contributed by atoms with E-state index in [0.717, 1.165) is 24.6 Å². The number of ether oxygens (including phenoxy) is 1. The van der Waals surface area contributed by atoms with Crippen molar-refractivity contribution in [1.82, 2.24) is 19.6 Å². The second-order valence-electron chi connectivity index (χ2n) is 8.28. The summed E-state index contributed by atoms with van der Waals surface area (Å²) in [6.45, 7) is 5.05. The minimum atomic E-state index is -0.915. The molecule has 12 heteroatoms. The highest BCUT2D eigenvalue weighted by Crippen LogP contribution is 2.34. The maximum absolute atomic E-state index is 13.6. The molecule has 2 aliphatic rings. The third-order valence-electron chi connectivity index (χ3n) is 5.90. The van der Waals surface area contributed by atoms with Crippen LogP contribution in [0.3, 0.4) is 0 Å². The molecule has 2 aliphatic heterocycles. The van der Waals surface area contributed by atoms with Crippen molar-refractivity contribution in [2.75, 3.05) is 31.1 Å². The number of aromatic nitrogens is 2. The number of amides is 2. The van der Waals surface area contributed by atoms with Gasteiger partial charge in [-0.05, 0) is 31.6 Å². The first-order chi connectivity index (χ1) is 17.3. The molecular formula is C24H27N5O5S2. The second kappa shape index (κ2) is 11.2. The lowest BCUT2D eigenvalue weighted by molar-refractivity contribution is -0.145. The van der Waals surface area contributed by atoms with Gasteiger partial charge in [0.15, 0.2) is 0 Å². The van der Waals surface area contributed by atoms with Gasteiger partial charge in [-0.1, -0.05) is 43.4 Å². The molecule has 1 atom stereocenters. The summed E-state index contributed by atoms with van der Waals surface area (Å²) in [6, 6.07) is 4.23. The monoisotopic (exact) mass is 529 g/mol. The SMILES string of the molecule is CCCCN1C(=O)/C(=C/c2c(N3CCNC(=O)[C@@H]3CC(=O)OCC)nc3ccccn3c2=O)SC1=S. The van der Waals surface area contributed by atoms with Crippen molar-refractivity contribution >= 4 is 63.6 Å². The molecule has 2 aromatic heterocycles. The van der Waals surface area contributed by atoms with Gasteiger partial charge >= 0.3 is 5.97 Å². The molecule has 0 spiro atoms. The highest BCUT2D eigenvalue weighted by atomic mass is 32.2. The lowest BCUT2D eigenvalue weighted by Crippen LogP contribution is -2.57. The van der Waals surface area contributed by atoms with E-state index in [4.69, 9.17) is 21.9 Å². The molecule has 4 rings (SSSR count). The van der Waals surface area contributed by atoms with Crippen molar-refractivity contribution in [3.63, 3.8) is 0 Å². The zero-order chi connectivity index (χ0) is 25.8. The maximum atomic E-state index is 13.6. The summed E-state index contributed by atoms with van der Waals surface area (Å²) < 4.78 is 6.89. The average Bonchev–Trinajstić information content (AvgIpc) is 3.12. The van der Waals surface area contributed by atoms with Crippen LogP contribution in [0.4, 0.5) is 5.82 Å². The van der Waals surface area contributed by atoms with Crippen LogP contribution in [0.1, 0.15) is 38.7 Å². The molecule has 1 N–H and O–H groups in total. The predicted octanol–water partition coefficient (Wildman–Crippen LogP) is 1.95. The Hall–Kier alpha value is -3.25. The van der Waals surface area contributed by atoms with Crippen LogP contribution in [0, 0.1) is 0 Å². The van der Waals surface area contributed by atoms with Gasteiger partial charge in [0.05, 0.1) is 23.5 Å². The largest absolute Gasteiger partial charge is 0.466 e. The molecule has 0 radical (unpaired) electrons. The molecule has 10 nitrogen and oxygen atoms in total. The number of thiocarbonyl (C=S) groups is 1. The third-order valence-corrected chi connectivity index (χ3v) is 7.28. The Kier molecular flexibility index (Phi) is 8.04. The van der Waals surface area contributed by atoms with Crippen LogP contribution in [0.5, 0.6) is 0 Å². The molecule has 0 aromatic carbocycles.